The lowest BCUT2D eigenvalue weighted by molar-refractivity contribution is -0.00757. The molecular weight excluding hydrogens is 480 g/mol. The number of hydrogen-bond acceptors (Lipinski definition) is 6. The lowest BCUT2D eigenvalue weighted by atomic mass is 10.1. The van der Waals surface area contributed by atoms with E-state index in [4.69, 9.17) is 28.4 Å². The molecule has 2 unspecified atom stereocenters. The molecule has 2 aromatic rings. The minimum Gasteiger partial charge on any atom is -0.487 e. The van der Waals surface area contributed by atoms with Crippen molar-refractivity contribution in [3.8, 4) is 23.0 Å². The Morgan fingerprint density at radius 1 is 0.500 bits per heavy atom. The highest BCUT2D eigenvalue weighted by molar-refractivity contribution is 5.40. The first-order valence-corrected chi connectivity index (χ1v) is 14.7. The summed E-state index contributed by atoms with van der Waals surface area (Å²) in [5.74, 6) is 2.94. The van der Waals surface area contributed by atoms with Crippen LogP contribution in [0, 0.1) is 0 Å². The van der Waals surface area contributed by atoms with E-state index >= 15 is 0 Å². The van der Waals surface area contributed by atoms with Gasteiger partial charge >= 0.3 is 0 Å². The van der Waals surface area contributed by atoms with E-state index in [1.165, 1.54) is 38.5 Å². The van der Waals surface area contributed by atoms with E-state index in [1.54, 1.807) is 0 Å². The molecule has 2 aromatic carbocycles. The molecule has 0 radical (unpaired) electrons. The highest BCUT2D eigenvalue weighted by Crippen LogP contribution is 2.29. The van der Waals surface area contributed by atoms with Crippen molar-refractivity contribution in [3.05, 3.63) is 48.5 Å². The predicted molar refractivity (Wildman–Crippen MR) is 152 cm³/mol. The van der Waals surface area contributed by atoms with Gasteiger partial charge in [0.1, 0.15) is 26.4 Å². The number of benzene rings is 2. The molecule has 212 valence electrons. The van der Waals surface area contributed by atoms with E-state index in [2.05, 4.69) is 13.8 Å². The van der Waals surface area contributed by atoms with Crippen LogP contribution in [0.1, 0.15) is 78.1 Å². The van der Waals surface area contributed by atoms with Crippen LogP contribution in [-0.2, 0) is 9.47 Å². The zero-order valence-electron chi connectivity index (χ0n) is 23.5. The Labute approximate surface area is 229 Å². The summed E-state index contributed by atoms with van der Waals surface area (Å²) in [5, 5.41) is 0. The number of hydrogen-bond donors (Lipinski definition) is 0. The second kappa shape index (κ2) is 18.8. The summed E-state index contributed by atoms with van der Waals surface area (Å²) >= 11 is 0. The third kappa shape index (κ3) is 11.5. The molecule has 0 fully saturated rings. The van der Waals surface area contributed by atoms with Gasteiger partial charge in [0.25, 0.3) is 0 Å². The van der Waals surface area contributed by atoms with Gasteiger partial charge < -0.3 is 28.4 Å². The summed E-state index contributed by atoms with van der Waals surface area (Å²) in [7, 11) is 0. The zero-order valence-corrected chi connectivity index (χ0v) is 23.5. The normalized spacial score (nSPS) is 19.3. The van der Waals surface area contributed by atoms with Crippen LogP contribution in [0.2, 0.25) is 0 Å². The fourth-order valence-corrected chi connectivity index (χ4v) is 4.50. The standard InChI is InChI=1S/C32H48O6/c1-3-5-7-9-15-27-25-37-31-19-13-11-17-29(31)36-24-22-34-28(16-10-8-6-4-2)26-38-32-20-14-12-18-30(32)35-23-21-33-27/h11-14,17-20,27-28H,3-10,15-16,21-26H2,1-2H3. The first-order chi connectivity index (χ1) is 18.8. The molecule has 0 saturated carbocycles. The minimum atomic E-state index is -0.00862. The molecular formula is C32H48O6. The van der Waals surface area contributed by atoms with Crippen LogP contribution >= 0.6 is 0 Å². The van der Waals surface area contributed by atoms with Gasteiger partial charge in [-0.25, -0.2) is 0 Å². The van der Waals surface area contributed by atoms with Crippen LogP contribution in [0.4, 0.5) is 0 Å². The lowest BCUT2D eigenvalue weighted by Crippen LogP contribution is -2.26. The number of para-hydroxylation sites is 4. The maximum absolute atomic E-state index is 6.23. The fraction of sp³-hybridized carbons (Fsp3) is 0.625. The zero-order chi connectivity index (χ0) is 26.7. The molecule has 0 N–H and O–H groups in total. The van der Waals surface area contributed by atoms with Gasteiger partial charge in [0, 0.05) is 0 Å². The van der Waals surface area contributed by atoms with Crippen LogP contribution in [-0.4, -0.2) is 51.8 Å². The third-order valence-electron chi connectivity index (χ3n) is 6.70. The van der Waals surface area contributed by atoms with Crippen molar-refractivity contribution in [2.24, 2.45) is 0 Å². The van der Waals surface area contributed by atoms with Crippen LogP contribution in [0.25, 0.3) is 0 Å². The first-order valence-electron chi connectivity index (χ1n) is 14.7. The summed E-state index contributed by atoms with van der Waals surface area (Å²) in [4.78, 5) is 0. The quantitative estimate of drug-likeness (QED) is 0.296. The maximum Gasteiger partial charge on any atom is 0.161 e. The monoisotopic (exact) mass is 528 g/mol. The van der Waals surface area contributed by atoms with E-state index in [0.29, 0.717) is 39.6 Å². The maximum atomic E-state index is 6.23. The molecule has 6 heteroatoms. The van der Waals surface area contributed by atoms with Crippen molar-refractivity contribution < 1.29 is 28.4 Å². The van der Waals surface area contributed by atoms with E-state index in [-0.39, 0.29) is 12.2 Å². The second-order valence-electron chi connectivity index (χ2n) is 9.90. The van der Waals surface area contributed by atoms with Crippen molar-refractivity contribution >= 4 is 0 Å². The number of ether oxygens (including phenoxy) is 6. The van der Waals surface area contributed by atoms with Crippen molar-refractivity contribution in [2.45, 2.75) is 90.3 Å². The van der Waals surface area contributed by atoms with Gasteiger partial charge in [0.15, 0.2) is 23.0 Å². The van der Waals surface area contributed by atoms with Crippen molar-refractivity contribution in [1.82, 2.24) is 0 Å². The van der Waals surface area contributed by atoms with Gasteiger partial charge in [-0.1, -0.05) is 89.5 Å². The number of rotatable bonds is 10. The van der Waals surface area contributed by atoms with Crippen LogP contribution in [0.3, 0.4) is 0 Å². The smallest absolute Gasteiger partial charge is 0.161 e. The second-order valence-corrected chi connectivity index (χ2v) is 9.90. The van der Waals surface area contributed by atoms with Gasteiger partial charge in [-0.3, -0.25) is 0 Å². The van der Waals surface area contributed by atoms with Gasteiger partial charge in [0.2, 0.25) is 0 Å². The Balaban J connectivity index is 1.67. The van der Waals surface area contributed by atoms with Gasteiger partial charge in [-0.05, 0) is 37.1 Å². The van der Waals surface area contributed by atoms with E-state index in [0.717, 1.165) is 48.7 Å². The van der Waals surface area contributed by atoms with E-state index in [1.807, 2.05) is 48.5 Å². The van der Waals surface area contributed by atoms with Crippen LogP contribution < -0.4 is 18.9 Å². The van der Waals surface area contributed by atoms with E-state index < -0.39 is 0 Å². The Bertz CT molecular complexity index is 801. The van der Waals surface area contributed by atoms with Crippen molar-refractivity contribution in [2.75, 3.05) is 39.6 Å². The minimum absolute atomic E-state index is 0.00862. The summed E-state index contributed by atoms with van der Waals surface area (Å²) in [6, 6.07) is 15.7. The highest BCUT2D eigenvalue weighted by atomic mass is 16.6. The Kier molecular flexibility index (Phi) is 14.9. The molecule has 0 aliphatic carbocycles. The summed E-state index contributed by atoms with van der Waals surface area (Å²) < 4.78 is 37.0. The topological polar surface area (TPSA) is 55.4 Å². The molecule has 0 bridgehead atoms. The molecule has 6 nitrogen and oxygen atoms in total. The molecule has 0 spiro atoms. The fourth-order valence-electron chi connectivity index (χ4n) is 4.50. The largest absolute Gasteiger partial charge is 0.487 e. The average Bonchev–Trinajstić information content (AvgIpc) is 2.95. The Morgan fingerprint density at radius 3 is 1.29 bits per heavy atom. The predicted octanol–water partition coefficient (Wildman–Crippen LogP) is 7.63. The Morgan fingerprint density at radius 2 is 0.895 bits per heavy atom. The van der Waals surface area contributed by atoms with Gasteiger partial charge in [-0.2, -0.15) is 0 Å². The molecule has 0 amide bonds. The molecule has 3 rings (SSSR count). The van der Waals surface area contributed by atoms with E-state index in [9.17, 15) is 0 Å². The number of unbranched alkanes of at least 4 members (excludes halogenated alkanes) is 6. The highest BCUT2D eigenvalue weighted by Gasteiger charge is 2.16. The van der Waals surface area contributed by atoms with Gasteiger partial charge in [0.05, 0.1) is 25.4 Å². The molecule has 1 heterocycles. The molecule has 38 heavy (non-hydrogen) atoms. The summed E-state index contributed by atoms with van der Waals surface area (Å²) in [5.41, 5.74) is 0. The van der Waals surface area contributed by atoms with Crippen LogP contribution in [0.15, 0.2) is 48.5 Å². The molecule has 0 saturated heterocycles. The molecule has 2 atom stereocenters. The number of fused-ring (bicyclic) bond motifs is 2. The first kappa shape index (κ1) is 30.1. The van der Waals surface area contributed by atoms with Crippen molar-refractivity contribution in [3.63, 3.8) is 0 Å². The third-order valence-corrected chi connectivity index (χ3v) is 6.70. The average molecular weight is 529 g/mol. The molecule has 0 aromatic heterocycles. The molecule has 1 aliphatic heterocycles. The summed E-state index contributed by atoms with van der Waals surface area (Å²) in [6.45, 7) is 7.26. The van der Waals surface area contributed by atoms with Crippen LogP contribution in [0.5, 0.6) is 23.0 Å². The lowest BCUT2D eigenvalue weighted by Gasteiger charge is -2.22. The SMILES string of the molecule is CCCCCCC1COc2ccccc2OCCOC(CCCCCC)COc2ccccc2OCCO1. The Hall–Kier alpha value is -2.44. The van der Waals surface area contributed by atoms with Crippen molar-refractivity contribution in [1.29, 1.82) is 0 Å². The molecule has 1 aliphatic rings. The summed E-state index contributed by atoms with van der Waals surface area (Å²) in [6.07, 6.45) is 11.5. The van der Waals surface area contributed by atoms with Gasteiger partial charge in [-0.15, -0.1) is 0 Å².